The molecule has 0 saturated carbocycles. The number of para-hydroxylation sites is 1. The molecule has 0 spiro atoms. The van der Waals surface area contributed by atoms with Gasteiger partial charge in [0.2, 0.25) is 0 Å². The predicted molar refractivity (Wildman–Crippen MR) is 119 cm³/mol. The van der Waals surface area contributed by atoms with Crippen molar-refractivity contribution in [2.45, 2.75) is 19.8 Å². The van der Waals surface area contributed by atoms with Gasteiger partial charge in [-0.15, -0.1) is 24.0 Å². The fourth-order valence-corrected chi connectivity index (χ4v) is 3.24. The van der Waals surface area contributed by atoms with Gasteiger partial charge in [-0.1, -0.05) is 18.2 Å². The molecule has 1 aromatic carbocycles. The summed E-state index contributed by atoms with van der Waals surface area (Å²) < 4.78 is 0. The Labute approximate surface area is 170 Å². The van der Waals surface area contributed by atoms with Crippen LogP contribution in [0.15, 0.2) is 35.3 Å². The molecule has 1 atom stereocenters. The monoisotopic (exact) mass is 459 g/mol. The van der Waals surface area contributed by atoms with Crippen LogP contribution in [0.3, 0.4) is 0 Å². The van der Waals surface area contributed by atoms with Crippen molar-refractivity contribution in [2.24, 2.45) is 10.9 Å². The van der Waals surface area contributed by atoms with Crippen molar-refractivity contribution in [1.29, 1.82) is 0 Å². The highest BCUT2D eigenvalue weighted by Gasteiger charge is 2.19. The van der Waals surface area contributed by atoms with Gasteiger partial charge in [0.15, 0.2) is 5.96 Å². The molecule has 1 aliphatic rings. The predicted octanol–water partition coefficient (Wildman–Crippen LogP) is 2.64. The first-order chi connectivity index (χ1) is 11.7. The number of anilines is 1. The van der Waals surface area contributed by atoms with Gasteiger partial charge >= 0.3 is 0 Å². The Morgan fingerprint density at radius 1 is 1.28 bits per heavy atom. The van der Waals surface area contributed by atoms with Crippen molar-refractivity contribution in [2.75, 3.05) is 58.3 Å². The van der Waals surface area contributed by atoms with Gasteiger partial charge in [-0.05, 0) is 51.4 Å². The maximum absolute atomic E-state index is 4.33. The Kier molecular flexibility index (Phi) is 10.9. The van der Waals surface area contributed by atoms with Crippen LogP contribution in [-0.2, 0) is 0 Å². The van der Waals surface area contributed by atoms with Crippen LogP contribution >= 0.6 is 24.0 Å². The second-order valence-corrected chi connectivity index (χ2v) is 6.57. The second-order valence-electron chi connectivity index (χ2n) is 6.57. The number of nitrogens with one attached hydrogen (secondary N) is 2. The molecule has 1 aromatic rings. The minimum atomic E-state index is 0. The average Bonchev–Trinajstić information content (AvgIpc) is 3.03. The van der Waals surface area contributed by atoms with Gasteiger partial charge in [-0.3, -0.25) is 4.99 Å². The summed E-state index contributed by atoms with van der Waals surface area (Å²) in [5.74, 6) is 1.66. The fourth-order valence-electron chi connectivity index (χ4n) is 3.24. The van der Waals surface area contributed by atoms with Crippen molar-refractivity contribution in [1.82, 2.24) is 15.5 Å². The summed E-state index contributed by atoms with van der Waals surface area (Å²) >= 11 is 0. The first kappa shape index (κ1) is 22.0. The topological polar surface area (TPSA) is 42.9 Å². The van der Waals surface area contributed by atoms with E-state index in [9.17, 15) is 0 Å². The van der Waals surface area contributed by atoms with E-state index in [0.29, 0.717) is 0 Å². The van der Waals surface area contributed by atoms with Crippen LogP contribution in [0.1, 0.15) is 19.8 Å². The third kappa shape index (κ3) is 7.81. The molecule has 0 aliphatic carbocycles. The lowest BCUT2D eigenvalue weighted by Crippen LogP contribution is -2.41. The van der Waals surface area contributed by atoms with E-state index in [4.69, 9.17) is 0 Å². The van der Waals surface area contributed by atoms with E-state index in [-0.39, 0.29) is 24.0 Å². The summed E-state index contributed by atoms with van der Waals surface area (Å²) in [6, 6.07) is 10.6. The maximum atomic E-state index is 4.33. The van der Waals surface area contributed by atoms with Crippen LogP contribution in [0.2, 0.25) is 0 Å². The maximum Gasteiger partial charge on any atom is 0.190 e. The highest BCUT2D eigenvalue weighted by molar-refractivity contribution is 14.0. The van der Waals surface area contributed by atoms with Crippen molar-refractivity contribution in [3.8, 4) is 0 Å². The molecule has 0 radical (unpaired) electrons. The molecule has 1 heterocycles. The second kappa shape index (κ2) is 12.4. The molecule has 0 aromatic heterocycles. The van der Waals surface area contributed by atoms with Crippen LogP contribution in [0, 0.1) is 5.92 Å². The van der Waals surface area contributed by atoms with E-state index in [0.717, 1.165) is 44.5 Å². The smallest absolute Gasteiger partial charge is 0.190 e. The minimum Gasteiger partial charge on any atom is -0.372 e. The lowest BCUT2D eigenvalue weighted by atomic mass is 10.1. The fraction of sp³-hybridized carbons (Fsp3) is 0.632. The lowest BCUT2D eigenvalue weighted by molar-refractivity contribution is 0.394. The normalized spacial score (nSPS) is 17.9. The highest BCUT2D eigenvalue weighted by Crippen LogP contribution is 2.13. The van der Waals surface area contributed by atoms with E-state index in [1.807, 2.05) is 7.05 Å². The van der Waals surface area contributed by atoms with Crippen molar-refractivity contribution < 1.29 is 0 Å². The van der Waals surface area contributed by atoms with Gasteiger partial charge in [0.25, 0.3) is 0 Å². The third-order valence-corrected chi connectivity index (χ3v) is 4.67. The molecular formula is C19H34IN5. The first-order valence-electron chi connectivity index (χ1n) is 9.16. The van der Waals surface area contributed by atoms with Crippen molar-refractivity contribution in [3.05, 3.63) is 30.3 Å². The first-order valence-corrected chi connectivity index (χ1v) is 9.16. The van der Waals surface area contributed by atoms with E-state index in [1.54, 1.807) is 0 Å². The van der Waals surface area contributed by atoms with Crippen LogP contribution in [-0.4, -0.2) is 64.2 Å². The van der Waals surface area contributed by atoms with Gasteiger partial charge in [0, 0.05) is 45.5 Å². The van der Waals surface area contributed by atoms with Gasteiger partial charge in [0.1, 0.15) is 0 Å². The summed E-state index contributed by atoms with van der Waals surface area (Å²) in [5.41, 5.74) is 1.30. The number of halogens is 1. The highest BCUT2D eigenvalue weighted by atomic mass is 127. The van der Waals surface area contributed by atoms with Crippen LogP contribution in [0.25, 0.3) is 0 Å². The Bertz CT molecular complexity index is 494. The number of hydrogen-bond donors (Lipinski definition) is 2. The summed E-state index contributed by atoms with van der Waals surface area (Å²) in [7, 11) is 4.04. The van der Waals surface area contributed by atoms with E-state index in [1.165, 1.54) is 25.2 Å². The summed E-state index contributed by atoms with van der Waals surface area (Å²) in [5, 5.41) is 6.90. The zero-order valence-corrected chi connectivity index (χ0v) is 18.2. The zero-order valence-electron chi connectivity index (χ0n) is 15.9. The van der Waals surface area contributed by atoms with Crippen LogP contribution < -0.4 is 15.5 Å². The van der Waals surface area contributed by atoms with Gasteiger partial charge < -0.3 is 20.4 Å². The van der Waals surface area contributed by atoms with Crippen molar-refractivity contribution >= 4 is 35.6 Å². The molecule has 1 fully saturated rings. The number of benzene rings is 1. The third-order valence-electron chi connectivity index (χ3n) is 4.67. The zero-order chi connectivity index (χ0) is 17.2. The van der Waals surface area contributed by atoms with E-state index < -0.39 is 0 Å². The summed E-state index contributed by atoms with van der Waals surface area (Å²) in [4.78, 5) is 9.13. The Hall–Kier alpha value is -1.02. The molecule has 0 bridgehead atoms. The number of hydrogen-bond acceptors (Lipinski definition) is 3. The Balaban J connectivity index is 0.00000312. The SMILES string of the molecule is CCN(CCCNC(=NC)NCC1CCN(C)C1)c1ccccc1.I. The Morgan fingerprint density at radius 2 is 2.04 bits per heavy atom. The lowest BCUT2D eigenvalue weighted by Gasteiger charge is -2.23. The summed E-state index contributed by atoms with van der Waals surface area (Å²) in [6.07, 6.45) is 2.37. The molecule has 1 saturated heterocycles. The van der Waals surface area contributed by atoms with E-state index >= 15 is 0 Å². The molecule has 0 amide bonds. The largest absolute Gasteiger partial charge is 0.372 e. The van der Waals surface area contributed by atoms with Gasteiger partial charge in [-0.25, -0.2) is 0 Å². The molecular weight excluding hydrogens is 425 g/mol. The average molecular weight is 459 g/mol. The Morgan fingerprint density at radius 3 is 2.64 bits per heavy atom. The molecule has 142 valence electrons. The summed E-state index contributed by atoms with van der Waals surface area (Å²) in [6.45, 7) is 8.64. The molecule has 2 N–H and O–H groups in total. The molecule has 25 heavy (non-hydrogen) atoms. The molecule has 2 rings (SSSR count). The number of aliphatic imine (C=N–C) groups is 1. The van der Waals surface area contributed by atoms with Crippen LogP contribution in [0.5, 0.6) is 0 Å². The number of likely N-dealkylation sites (tertiary alicyclic amines) is 1. The van der Waals surface area contributed by atoms with Gasteiger partial charge in [0.05, 0.1) is 0 Å². The standard InChI is InChI=1S/C19H33N5.HI/c1-4-24(18-9-6-5-7-10-18)13-8-12-21-19(20-2)22-15-17-11-14-23(3)16-17;/h5-7,9-10,17H,4,8,11-16H2,1-3H3,(H2,20,21,22);1H. The molecule has 1 aliphatic heterocycles. The van der Waals surface area contributed by atoms with Crippen molar-refractivity contribution in [3.63, 3.8) is 0 Å². The number of rotatable bonds is 8. The van der Waals surface area contributed by atoms with Gasteiger partial charge in [-0.2, -0.15) is 0 Å². The number of guanidine groups is 1. The quantitative estimate of drug-likeness (QED) is 0.272. The molecule has 5 nitrogen and oxygen atoms in total. The minimum absolute atomic E-state index is 0. The van der Waals surface area contributed by atoms with E-state index in [2.05, 4.69) is 69.7 Å². The van der Waals surface area contributed by atoms with Crippen LogP contribution in [0.4, 0.5) is 5.69 Å². The molecule has 1 unspecified atom stereocenters. The number of nitrogens with zero attached hydrogens (tertiary/aromatic N) is 3. The molecule has 6 heteroatoms.